The van der Waals surface area contributed by atoms with Crippen LogP contribution < -0.4 is 0 Å². The molecular weight excluding hydrogens is 413 g/mol. The fourth-order valence-electron chi connectivity index (χ4n) is 4.27. The first kappa shape index (κ1) is 19.3. The number of halogens is 3. The van der Waals surface area contributed by atoms with E-state index in [0.29, 0.717) is 6.42 Å². The first-order valence-corrected chi connectivity index (χ1v) is 9.49. The van der Waals surface area contributed by atoms with Gasteiger partial charge in [0.05, 0.1) is 12.6 Å². The van der Waals surface area contributed by atoms with Crippen molar-refractivity contribution in [2.45, 2.75) is 66.1 Å². The van der Waals surface area contributed by atoms with Crippen LogP contribution in [0.3, 0.4) is 0 Å². The Morgan fingerprint density at radius 2 is 2.04 bits per heavy atom. The molecule has 4 aliphatic rings. The second kappa shape index (κ2) is 6.22. The Kier molecular flexibility index (Phi) is 4.61. The van der Waals surface area contributed by atoms with Crippen molar-refractivity contribution < 1.29 is 33.6 Å². The van der Waals surface area contributed by atoms with Crippen molar-refractivity contribution in [2.75, 3.05) is 19.8 Å². The van der Waals surface area contributed by atoms with Gasteiger partial charge in [-0.05, 0) is 20.3 Å². The standard InChI is InChI=1S/C15H20Cl3NO7/c1-13(2)25-10-11(26-13)24-9-8-7(20)5-23-14(9,10)3-4-19(8)12(21)22-6-15(16,17)18/h7-11,20H,3-6H2,1-2H3/t7-,8+,9+,10-,11+,14+/m0/s1. The lowest BCUT2D eigenvalue weighted by Gasteiger charge is -2.53. The molecule has 26 heavy (non-hydrogen) atoms. The maximum Gasteiger partial charge on any atom is 0.410 e. The number of fused-ring (bicyclic) bond motifs is 1. The van der Waals surface area contributed by atoms with Crippen molar-refractivity contribution in [3.63, 3.8) is 0 Å². The van der Waals surface area contributed by atoms with Gasteiger partial charge in [-0.15, -0.1) is 0 Å². The van der Waals surface area contributed by atoms with Crippen molar-refractivity contribution >= 4 is 40.9 Å². The zero-order valence-corrected chi connectivity index (χ0v) is 16.5. The number of nitrogens with zero attached hydrogens (tertiary/aromatic N) is 1. The van der Waals surface area contributed by atoms with E-state index in [-0.39, 0.29) is 13.2 Å². The van der Waals surface area contributed by atoms with E-state index in [1.165, 1.54) is 4.90 Å². The molecule has 4 fully saturated rings. The van der Waals surface area contributed by atoms with Gasteiger partial charge in [0.25, 0.3) is 0 Å². The molecule has 0 spiro atoms. The Morgan fingerprint density at radius 3 is 2.73 bits per heavy atom. The maximum atomic E-state index is 12.5. The largest absolute Gasteiger partial charge is 0.445 e. The monoisotopic (exact) mass is 431 g/mol. The van der Waals surface area contributed by atoms with Gasteiger partial charge in [0.2, 0.25) is 3.79 Å². The van der Waals surface area contributed by atoms with Crippen LogP contribution >= 0.6 is 34.8 Å². The average molecular weight is 433 g/mol. The highest BCUT2D eigenvalue weighted by molar-refractivity contribution is 6.67. The number of rotatable bonds is 1. The molecule has 11 heteroatoms. The summed E-state index contributed by atoms with van der Waals surface area (Å²) in [5.74, 6) is -0.787. The van der Waals surface area contributed by atoms with Gasteiger partial charge in [0.15, 0.2) is 12.1 Å². The Bertz CT molecular complexity index is 600. The molecule has 2 bridgehead atoms. The number of ether oxygens (including phenoxy) is 5. The Hall–Kier alpha value is -0.0600. The highest BCUT2D eigenvalue weighted by atomic mass is 35.6. The lowest BCUT2D eigenvalue weighted by Crippen LogP contribution is -2.72. The second-order valence-corrected chi connectivity index (χ2v) is 9.93. The third-order valence-electron chi connectivity index (χ3n) is 5.23. The van der Waals surface area contributed by atoms with E-state index in [9.17, 15) is 9.90 Å². The molecule has 4 heterocycles. The van der Waals surface area contributed by atoms with E-state index >= 15 is 0 Å². The number of carbonyl (C=O) groups excluding carboxylic acids is 1. The molecule has 0 radical (unpaired) electrons. The molecule has 0 aromatic carbocycles. The molecule has 4 aliphatic heterocycles. The topological polar surface area (TPSA) is 86.7 Å². The lowest BCUT2D eigenvalue weighted by atomic mass is 9.77. The quantitative estimate of drug-likeness (QED) is 0.629. The summed E-state index contributed by atoms with van der Waals surface area (Å²) >= 11 is 16.9. The first-order chi connectivity index (χ1) is 12.0. The summed E-state index contributed by atoms with van der Waals surface area (Å²) in [5.41, 5.74) is -0.783. The fraction of sp³-hybridized carbons (Fsp3) is 0.933. The number of alkyl halides is 3. The van der Waals surface area contributed by atoms with Gasteiger partial charge in [0.1, 0.15) is 30.5 Å². The highest BCUT2D eigenvalue weighted by Crippen LogP contribution is 2.52. The van der Waals surface area contributed by atoms with Crippen LogP contribution in [0.4, 0.5) is 4.79 Å². The van der Waals surface area contributed by atoms with Crippen molar-refractivity contribution in [2.24, 2.45) is 0 Å². The van der Waals surface area contributed by atoms with Crippen LogP contribution in [0.2, 0.25) is 0 Å². The first-order valence-electron chi connectivity index (χ1n) is 8.36. The number of hydrogen-bond donors (Lipinski definition) is 1. The van der Waals surface area contributed by atoms with Crippen LogP contribution in [0.25, 0.3) is 0 Å². The fourth-order valence-corrected chi connectivity index (χ4v) is 4.43. The van der Waals surface area contributed by atoms with Gasteiger partial charge in [-0.2, -0.15) is 0 Å². The number of piperidine rings is 1. The van der Waals surface area contributed by atoms with E-state index in [1.54, 1.807) is 13.8 Å². The number of hydrogen-bond acceptors (Lipinski definition) is 7. The number of likely N-dealkylation sites (tertiary alicyclic amines) is 1. The molecule has 0 aromatic rings. The van der Waals surface area contributed by atoms with Gasteiger partial charge in [0, 0.05) is 6.54 Å². The molecule has 0 aromatic heterocycles. The number of amides is 1. The van der Waals surface area contributed by atoms with Gasteiger partial charge in [-0.3, -0.25) is 4.90 Å². The molecule has 1 amide bonds. The van der Waals surface area contributed by atoms with E-state index < -0.39 is 58.5 Å². The number of carbonyl (C=O) groups is 1. The summed E-state index contributed by atoms with van der Waals surface area (Å²) in [4.78, 5) is 13.9. The predicted octanol–water partition coefficient (Wildman–Crippen LogP) is 1.57. The van der Waals surface area contributed by atoms with Crippen LogP contribution in [-0.2, 0) is 23.7 Å². The summed E-state index contributed by atoms with van der Waals surface area (Å²) in [6, 6.07) is -0.665. The predicted molar refractivity (Wildman–Crippen MR) is 90.1 cm³/mol. The molecule has 4 rings (SSSR count). The average Bonchev–Trinajstić information content (AvgIpc) is 2.98. The van der Waals surface area contributed by atoms with E-state index in [0.717, 1.165) is 0 Å². The van der Waals surface area contributed by atoms with Crippen LogP contribution in [-0.4, -0.2) is 81.7 Å². The molecule has 4 saturated heterocycles. The number of aliphatic hydroxyl groups is 1. The summed E-state index contributed by atoms with van der Waals surface area (Å²) in [6.07, 6.45) is -2.84. The summed E-state index contributed by atoms with van der Waals surface area (Å²) in [6.45, 7) is 3.55. The molecule has 0 unspecified atom stereocenters. The minimum Gasteiger partial charge on any atom is -0.445 e. The van der Waals surface area contributed by atoms with Crippen LogP contribution in [0.1, 0.15) is 20.3 Å². The zero-order chi connectivity index (χ0) is 18.9. The summed E-state index contributed by atoms with van der Waals surface area (Å²) < 4.78 is 27.2. The summed E-state index contributed by atoms with van der Waals surface area (Å²) in [5, 5.41) is 10.5. The molecule has 0 saturated carbocycles. The van der Waals surface area contributed by atoms with E-state index in [4.69, 9.17) is 58.5 Å². The van der Waals surface area contributed by atoms with Gasteiger partial charge in [-0.25, -0.2) is 4.79 Å². The minimum atomic E-state index is -1.71. The summed E-state index contributed by atoms with van der Waals surface area (Å²) in [7, 11) is 0. The molecule has 1 N–H and O–H groups in total. The third-order valence-corrected chi connectivity index (χ3v) is 5.55. The maximum absolute atomic E-state index is 12.5. The van der Waals surface area contributed by atoms with Crippen LogP contribution in [0.5, 0.6) is 0 Å². The van der Waals surface area contributed by atoms with Crippen LogP contribution in [0, 0.1) is 0 Å². The van der Waals surface area contributed by atoms with Gasteiger partial charge < -0.3 is 28.8 Å². The second-order valence-electron chi connectivity index (χ2n) is 7.42. The molecule has 6 atom stereocenters. The molecule has 148 valence electrons. The molecule has 0 aliphatic carbocycles. The zero-order valence-electron chi connectivity index (χ0n) is 14.2. The van der Waals surface area contributed by atoms with Crippen molar-refractivity contribution in [1.82, 2.24) is 4.90 Å². The SMILES string of the molecule is CC1(C)O[C@H]2O[C@@H]3[C@H]4[C@@H](O)CO[C@@]3(CCN4C(=O)OCC(Cl)(Cl)Cl)[C@H]2O1. The van der Waals surface area contributed by atoms with Crippen molar-refractivity contribution in [3.05, 3.63) is 0 Å². The Morgan fingerprint density at radius 1 is 1.31 bits per heavy atom. The van der Waals surface area contributed by atoms with Gasteiger partial charge in [-0.1, -0.05) is 34.8 Å². The van der Waals surface area contributed by atoms with E-state index in [2.05, 4.69) is 0 Å². The Labute approximate surface area is 165 Å². The highest BCUT2D eigenvalue weighted by Gasteiger charge is 2.71. The smallest absolute Gasteiger partial charge is 0.410 e. The van der Waals surface area contributed by atoms with Crippen molar-refractivity contribution in [3.8, 4) is 0 Å². The molecule has 8 nitrogen and oxygen atoms in total. The lowest BCUT2D eigenvalue weighted by molar-refractivity contribution is -0.284. The molecular formula is C15H20Cl3NO7. The minimum absolute atomic E-state index is 0.0474. The van der Waals surface area contributed by atoms with Crippen molar-refractivity contribution in [1.29, 1.82) is 0 Å². The Balaban J connectivity index is 1.55. The number of aliphatic hydroxyl groups excluding tert-OH is 1. The van der Waals surface area contributed by atoms with E-state index in [1.807, 2.05) is 0 Å². The normalized spacial score (nSPS) is 43.8. The van der Waals surface area contributed by atoms with Crippen LogP contribution in [0.15, 0.2) is 0 Å². The van der Waals surface area contributed by atoms with Gasteiger partial charge >= 0.3 is 6.09 Å². The third kappa shape index (κ3) is 3.08.